The molecule has 0 N–H and O–H groups in total. The number of rotatable bonds is 0. The molecule has 0 atom stereocenters. The smallest absolute Gasteiger partial charge is 0.381 e. The van der Waals surface area contributed by atoms with Crippen molar-refractivity contribution in [3.8, 4) is 35.5 Å². The van der Waals surface area contributed by atoms with E-state index in [1.54, 1.807) is 0 Å². The van der Waals surface area contributed by atoms with Gasteiger partial charge in [-0.3, -0.25) is 35.5 Å². The average Bonchev–Trinajstić information content (AvgIpc) is 4.32. The van der Waals surface area contributed by atoms with Crippen LogP contribution in [0.25, 0.3) is 0 Å². The van der Waals surface area contributed by atoms with Gasteiger partial charge in [-0.15, -0.1) is 106 Å². The molecule has 4 nitrogen and oxygen atoms in total. The molecular weight excluding hydrogens is 1310 g/mol. The van der Waals surface area contributed by atoms with E-state index in [-0.39, 0.29) is 128 Å². The second-order valence-corrected chi connectivity index (χ2v) is 14.2. The van der Waals surface area contributed by atoms with Crippen molar-refractivity contribution in [2.75, 3.05) is 52.9 Å². The van der Waals surface area contributed by atoms with Crippen molar-refractivity contribution in [1.29, 1.82) is 0 Å². The van der Waals surface area contributed by atoms with Gasteiger partial charge in [0.1, 0.15) is 0 Å². The third kappa shape index (κ3) is 48.8. The van der Waals surface area contributed by atoms with E-state index < -0.39 is 0 Å². The zero-order chi connectivity index (χ0) is 49.1. The Morgan fingerprint density at radius 1 is 0.222 bits per heavy atom. The van der Waals surface area contributed by atoms with Crippen LogP contribution in [0.5, 0.6) is 0 Å². The molecule has 8 heteroatoms. The van der Waals surface area contributed by atoms with E-state index in [1.165, 1.54) is 51.4 Å². The first-order valence-electron chi connectivity index (χ1n) is 22.8. The molecule has 0 aromatic heterocycles. The van der Waals surface area contributed by atoms with Crippen LogP contribution in [0, 0.1) is 168 Å². The van der Waals surface area contributed by atoms with Crippen LogP contribution in [0.15, 0.2) is 182 Å². The van der Waals surface area contributed by atoms with Gasteiger partial charge in [0.15, 0.2) is 0 Å². The Morgan fingerprint density at radius 3 is 0.389 bits per heavy atom. The van der Waals surface area contributed by atoms with Gasteiger partial charge in [0.2, 0.25) is 0 Å². The van der Waals surface area contributed by atoms with Crippen molar-refractivity contribution >= 4 is 0 Å². The molecule has 4 heterocycles. The molecule has 6 aromatic carbocycles. The molecule has 4 fully saturated rings. The third-order valence-corrected chi connectivity index (χ3v) is 8.82. The Labute approximate surface area is 533 Å². The van der Waals surface area contributed by atoms with Gasteiger partial charge >= 0.3 is 128 Å². The average molecular weight is 1370 g/mol. The van der Waals surface area contributed by atoms with Crippen molar-refractivity contribution in [2.24, 2.45) is 0 Å². The molecule has 72 heavy (non-hydrogen) atoms. The number of ether oxygens (including phenoxy) is 4. The maximum absolute atomic E-state index is 6.69. The molecule has 6 aromatic rings. The molecule has 0 radical (unpaired) electrons. The van der Waals surface area contributed by atoms with Crippen LogP contribution >= 0.6 is 0 Å². The molecule has 4 saturated heterocycles. The van der Waals surface area contributed by atoms with E-state index in [9.17, 15) is 0 Å². The summed E-state index contributed by atoms with van der Waals surface area (Å²) in [4.78, 5) is 0. The Balaban J connectivity index is -0.000000356. The fourth-order valence-corrected chi connectivity index (χ4v) is 5.17. The summed E-state index contributed by atoms with van der Waals surface area (Å²) < 4.78 is 19.8. The summed E-state index contributed by atoms with van der Waals surface area (Å²) in [6, 6.07) is 56.2. The van der Waals surface area contributed by atoms with Crippen LogP contribution in [-0.4, -0.2) is 52.9 Å². The van der Waals surface area contributed by atoms with Crippen LogP contribution in [-0.2, 0) is 53.1 Å². The molecule has 4 aliphatic heterocycles. The summed E-state index contributed by atoms with van der Waals surface area (Å²) in [6.45, 7) is 8.00. The maximum atomic E-state index is 6.69. The van der Waals surface area contributed by atoms with Crippen molar-refractivity contribution in [1.82, 2.24) is 0 Å². The van der Waals surface area contributed by atoms with Gasteiger partial charge in [0.05, 0.1) is 0 Å². The minimum atomic E-state index is 0. The van der Waals surface area contributed by atoms with Crippen LogP contribution in [0.3, 0.4) is 0 Å². The molecule has 0 bridgehead atoms. The second kappa shape index (κ2) is 60.2. The Kier molecular flexibility index (Phi) is 62.8. The molecule has 0 unspecified atom stereocenters. The molecule has 4 aliphatic rings. The van der Waals surface area contributed by atoms with Crippen molar-refractivity contribution < 1.29 is 147 Å². The number of hydrogen-bond acceptors (Lipinski definition) is 4. The third-order valence-electron chi connectivity index (χ3n) is 8.82. The number of hydrogen-bond donors (Lipinski definition) is 0. The predicted molar refractivity (Wildman–Crippen MR) is 276 cm³/mol. The SMILES string of the molecule is C1CCOC1.C1CCOC1.C1CCOC1.C1CCOC1.[C-]#Cc1ccccc1.[C-]#Cc1ccccc1.[C-]#Cc1ccccc1.[C-]#Cc1ccccc1.[C-]#Cc1ccccc1.[C-]#Cc1ccccc1.[Cu+].[Cu+].[Yb+2].[Yb+2]. The molecule has 392 valence electrons. The van der Waals surface area contributed by atoms with Crippen LogP contribution < -0.4 is 0 Å². The van der Waals surface area contributed by atoms with Gasteiger partial charge in [0.25, 0.3) is 0 Å². The van der Waals surface area contributed by atoms with E-state index in [4.69, 9.17) is 57.5 Å². The van der Waals surface area contributed by atoms with Crippen LogP contribution in [0.2, 0.25) is 0 Å². The van der Waals surface area contributed by atoms with Gasteiger partial charge in [-0.1, -0.05) is 109 Å². The van der Waals surface area contributed by atoms with Gasteiger partial charge in [0, 0.05) is 52.9 Å². The standard InChI is InChI=1S/6C8H5.4C4H8O.2Cu.2Yb/c6*1-2-8-6-4-3-5-7-8;4*1-2-4-5-3-1;;;;/h6*3-7H;4*1-4H2;;;;/q6*-1;;;;;2*+1;2*+2. The van der Waals surface area contributed by atoms with Gasteiger partial charge in [-0.2, -0.15) is 0 Å². The zero-order valence-corrected chi connectivity index (χ0v) is 45.7. The molecule has 0 spiro atoms. The van der Waals surface area contributed by atoms with E-state index in [0.29, 0.717) is 0 Å². The van der Waals surface area contributed by atoms with Gasteiger partial charge < -0.3 is 57.5 Å². The molecule has 0 aliphatic carbocycles. The van der Waals surface area contributed by atoms with E-state index in [1.807, 2.05) is 182 Å². The Bertz CT molecular complexity index is 1840. The predicted octanol–water partition coefficient (Wildman–Crippen LogP) is 12.9. The van der Waals surface area contributed by atoms with E-state index in [0.717, 1.165) is 86.2 Å². The fourth-order valence-electron chi connectivity index (χ4n) is 5.17. The molecular formula is C64H62Cu2O4Yb2. The maximum Gasteiger partial charge on any atom is 2.00 e. The minimum absolute atomic E-state index is 0. The summed E-state index contributed by atoms with van der Waals surface area (Å²) >= 11 is 0. The quantitative estimate of drug-likeness (QED) is 0.0863. The van der Waals surface area contributed by atoms with Crippen LogP contribution in [0.1, 0.15) is 84.7 Å². The fraction of sp³-hybridized carbons (Fsp3) is 0.250. The Morgan fingerprint density at radius 2 is 0.333 bits per heavy atom. The monoisotopic (exact) mass is 1370 g/mol. The first-order valence-corrected chi connectivity index (χ1v) is 22.8. The summed E-state index contributed by atoms with van der Waals surface area (Å²) in [6.07, 6.45) is 50.4. The van der Waals surface area contributed by atoms with E-state index >= 15 is 0 Å². The molecule has 10 rings (SSSR count). The van der Waals surface area contributed by atoms with Crippen molar-refractivity contribution in [3.05, 3.63) is 254 Å². The molecule has 0 saturated carbocycles. The summed E-state index contributed by atoms with van der Waals surface area (Å²) in [5.74, 6) is 13.7. The summed E-state index contributed by atoms with van der Waals surface area (Å²) in [5, 5.41) is 0. The van der Waals surface area contributed by atoms with Crippen LogP contribution in [0.4, 0.5) is 0 Å². The summed E-state index contributed by atoms with van der Waals surface area (Å²) in [7, 11) is 0. The minimum Gasteiger partial charge on any atom is -0.381 e. The topological polar surface area (TPSA) is 36.9 Å². The second-order valence-electron chi connectivity index (χ2n) is 14.2. The number of benzene rings is 6. The Hall–Kier alpha value is -3.40. The van der Waals surface area contributed by atoms with E-state index in [2.05, 4.69) is 35.5 Å². The van der Waals surface area contributed by atoms with Gasteiger partial charge in [-0.05, 0) is 51.4 Å². The summed E-state index contributed by atoms with van der Waals surface area (Å²) in [5.41, 5.74) is 4.96. The molecule has 0 amide bonds. The van der Waals surface area contributed by atoms with Crippen molar-refractivity contribution in [3.63, 3.8) is 0 Å². The first kappa shape index (κ1) is 75.1. The zero-order valence-electron chi connectivity index (χ0n) is 40.4. The van der Waals surface area contributed by atoms with Gasteiger partial charge in [-0.25, -0.2) is 0 Å². The van der Waals surface area contributed by atoms with Crippen molar-refractivity contribution in [2.45, 2.75) is 51.4 Å². The normalized spacial score (nSPS) is 11.9. The largest absolute Gasteiger partial charge is 2.00 e. The first-order chi connectivity index (χ1) is 33.6.